The van der Waals surface area contributed by atoms with E-state index in [2.05, 4.69) is 0 Å². The molecule has 0 unspecified atom stereocenters. The maximum absolute atomic E-state index is 12.1. The molecular weight excluding hydrogens is 431 g/mol. The molecule has 30 heavy (non-hydrogen) atoms. The summed E-state index contributed by atoms with van der Waals surface area (Å²) in [5, 5.41) is 1.03. The van der Waals surface area contributed by atoms with Crippen molar-refractivity contribution in [1.82, 2.24) is 0 Å². The van der Waals surface area contributed by atoms with Crippen LogP contribution in [0.15, 0.2) is 42.0 Å². The predicted molar refractivity (Wildman–Crippen MR) is 115 cm³/mol. The van der Waals surface area contributed by atoms with Crippen LogP contribution in [0.2, 0.25) is 10.0 Å². The summed E-state index contributed by atoms with van der Waals surface area (Å²) >= 11 is 12.1. The van der Waals surface area contributed by atoms with E-state index >= 15 is 0 Å². The van der Waals surface area contributed by atoms with E-state index in [0.29, 0.717) is 27.1 Å². The molecule has 0 aliphatic heterocycles. The number of methoxy groups -OCH3 is 1. The summed E-state index contributed by atoms with van der Waals surface area (Å²) in [4.78, 5) is 24.3. The molecule has 0 N–H and O–H groups in total. The lowest BCUT2D eigenvalue weighted by Crippen LogP contribution is -2.18. The molecule has 8 heteroatoms. The second kappa shape index (κ2) is 11.5. The molecule has 0 radical (unpaired) electrons. The number of esters is 2. The lowest BCUT2D eigenvalue weighted by Gasteiger charge is -2.13. The summed E-state index contributed by atoms with van der Waals surface area (Å²) in [7, 11) is 1.49. The van der Waals surface area contributed by atoms with Crippen LogP contribution in [0.5, 0.6) is 11.5 Å². The zero-order valence-electron chi connectivity index (χ0n) is 16.9. The van der Waals surface area contributed by atoms with Crippen LogP contribution in [0.1, 0.15) is 25.0 Å². The number of hydrogen-bond acceptors (Lipinski definition) is 6. The zero-order valence-corrected chi connectivity index (χ0v) is 18.4. The summed E-state index contributed by atoms with van der Waals surface area (Å²) in [5.74, 6) is -0.629. The van der Waals surface area contributed by atoms with Crippen molar-refractivity contribution in [3.8, 4) is 11.5 Å². The van der Waals surface area contributed by atoms with E-state index in [-0.39, 0.29) is 25.4 Å². The van der Waals surface area contributed by atoms with E-state index in [1.54, 1.807) is 50.2 Å². The van der Waals surface area contributed by atoms with Crippen LogP contribution in [0.4, 0.5) is 0 Å². The first-order valence-corrected chi connectivity index (χ1v) is 9.95. The van der Waals surface area contributed by atoms with Gasteiger partial charge in [-0.25, -0.2) is 9.59 Å². The lowest BCUT2D eigenvalue weighted by atomic mass is 10.1. The first kappa shape index (κ1) is 23.6. The van der Waals surface area contributed by atoms with E-state index in [1.807, 2.05) is 0 Å². The Kier molecular flexibility index (Phi) is 9.02. The van der Waals surface area contributed by atoms with Crippen LogP contribution < -0.4 is 9.47 Å². The molecule has 2 aromatic carbocycles. The third-order valence-corrected chi connectivity index (χ3v) is 4.47. The van der Waals surface area contributed by atoms with Crippen molar-refractivity contribution in [3.63, 3.8) is 0 Å². The van der Waals surface area contributed by atoms with E-state index in [1.165, 1.54) is 13.2 Å². The number of carbonyl (C=O) groups excluding carboxylic acids is 2. The average Bonchev–Trinajstić information content (AvgIpc) is 2.72. The second-order valence-corrected chi connectivity index (χ2v) is 6.78. The van der Waals surface area contributed by atoms with Gasteiger partial charge in [0, 0.05) is 15.6 Å². The summed E-state index contributed by atoms with van der Waals surface area (Å²) in [5.41, 5.74) is 1.10. The molecule has 160 valence electrons. The Balaban J connectivity index is 2.27. The third kappa shape index (κ3) is 6.40. The van der Waals surface area contributed by atoms with Gasteiger partial charge < -0.3 is 18.9 Å². The number of ether oxygens (including phenoxy) is 4. The zero-order chi connectivity index (χ0) is 22.1. The Morgan fingerprint density at radius 2 is 1.60 bits per heavy atom. The van der Waals surface area contributed by atoms with E-state index < -0.39 is 11.9 Å². The van der Waals surface area contributed by atoms with E-state index in [9.17, 15) is 9.59 Å². The molecule has 0 aliphatic carbocycles. The fourth-order valence-electron chi connectivity index (χ4n) is 2.47. The van der Waals surface area contributed by atoms with Gasteiger partial charge in [-0.1, -0.05) is 35.3 Å². The Bertz CT molecular complexity index is 919. The number of hydrogen-bond donors (Lipinski definition) is 0. The van der Waals surface area contributed by atoms with Crippen LogP contribution in [0.25, 0.3) is 6.08 Å². The molecular formula is C22H22Cl2O6. The highest BCUT2D eigenvalue weighted by Crippen LogP contribution is 2.31. The minimum Gasteiger partial charge on any atom is -0.493 e. The van der Waals surface area contributed by atoms with Gasteiger partial charge >= 0.3 is 11.9 Å². The second-order valence-electron chi connectivity index (χ2n) is 5.93. The number of carbonyl (C=O) groups is 2. The largest absolute Gasteiger partial charge is 0.493 e. The van der Waals surface area contributed by atoms with Crippen molar-refractivity contribution in [3.05, 3.63) is 63.1 Å². The highest BCUT2D eigenvalue weighted by molar-refractivity contribution is 6.35. The van der Waals surface area contributed by atoms with Crippen molar-refractivity contribution < 1.29 is 28.5 Å². The average molecular weight is 453 g/mol. The summed E-state index contributed by atoms with van der Waals surface area (Å²) < 4.78 is 21.1. The first-order chi connectivity index (χ1) is 14.4. The van der Waals surface area contributed by atoms with Crippen LogP contribution >= 0.6 is 23.2 Å². The Morgan fingerprint density at radius 3 is 2.17 bits per heavy atom. The van der Waals surface area contributed by atoms with Gasteiger partial charge in [0.05, 0.1) is 20.3 Å². The van der Waals surface area contributed by atoms with Crippen LogP contribution in [0, 0.1) is 0 Å². The van der Waals surface area contributed by atoms with Gasteiger partial charge in [-0.3, -0.25) is 0 Å². The van der Waals surface area contributed by atoms with Crippen molar-refractivity contribution >= 4 is 41.2 Å². The highest BCUT2D eigenvalue weighted by Gasteiger charge is 2.21. The maximum Gasteiger partial charge on any atom is 0.345 e. The van der Waals surface area contributed by atoms with Gasteiger partial charge in [0.1, 0.15) is 12.2 Å². The molecule has 0 saturated heterocycles. The molecule has 0 atom stereocenters. The Hall–Kier alpha value is -2.70. The fraction of sp³-hybridized carbons (Fsp3) is 0.273. The molecule has 0 spiro atoms. The van der Waals surface area contributed by atoms with Crippen LogP contribution in [-0.2, 0) is 25.7 Å². The molecule has 2 rings (SSSR count). The molecule has 0 saturated carbocycles. The van der Waals surface area contributed by atoms with Gasteiger partial charge in [0.15, 0.2) is 11.5 Å². The van der Waals surface area contributed by atoms with Gasteiger partial charge in [-0.05, 0) is 49.8 Å². The van der Waals surface area contributed by atoms with E-state index in [4.69, 9.17) is 42.1 Å². The number of benzene rings is 2. The maximum atomic E-state index is 12.1. The van der Waals surface area contributed by atoms with Gasteiger partial charge in [-0.15, -0.1) is 0 Å². The predicted octanol–water partition coefficient (Wildman–Crippen LogP) is 5.09. The molecule has 0 bridgehead atoms. The van der Waals surface area contributed by atoms with Gasteiger partial charge in [0.2, 0.25) is 0 Å². The van der Waals surface area contributed by atoms with Gasteiger partial charge in [0.25, 0.3) is 0 Å². The first-order valence-electron chi connectivity index (χ1n) is 9.20. The fourth-order valence-corrected chi connectivity index (χ4v) is 2.94. The topological polar surface area (TPSA) is 71.1 Å². The molecule has 2 aromatic rings. The Labute approximate surface area is 185 Å². The van der Waals surface area contributed by atoms with Crippen LogP contribution in [-0.4, -0.2) is 32.3 Å². The van der Waals surface area contributed by atoms with Crippen molar-refractivity contribution in [2.45, 2.75) is 20.5 Å². The normalized spacial score (nSPS) is 10.2. The molecule has 0 aromatic heterocycles. The number of halogens is 2. The Morgan fingerprint density at radius 1 is 0.933 bits per heavy atom. The SMILES string of the molecule is CCOC(=O)C(=Cc1ccc(OCc2ccc(Cl)cc2Cl)c(OC)c1)C(=O)OCC. The lowest BCUT2D eigenvalue weighted by molar-refractivity contribution is -0.146. The monoisotopic (exact) mass is 452 g/mol. The van der Waals surface area contributed by atoms with Gasteiger partial charge in [-0.2, -0.15) is 0 Å². The smallest absolute Gasteiger partial charge is 0.345 e. The quantitative estimate of drug-likeness (QED) is 0.228. The van der Waals surface area contributed by atoms with Crippen molar-refractivity contribution in [1.29, 1.82) is 0 Å². The summed E-state index contributed by atoms with van der Waals surface area (Å²) in [6.07, 6.45) is 1.39. The minimum absolute atomic E-state index is 0.138. The van der Waals surface area contributed by atoms with Crippen molar-refractivity contribution in [2.24, 2.45) is 0 Å². The highest BCUT2D eigenvalue weighted by atomic mass is 35.5. The van der Waals surface area contributed by atoms with Crippen LogP contribution in [0.3, 0.4) is 0 Å². The summed E-state index contributed by atoms with van der Waals surface area (Å²) in [6, 6.07) is 10.1. The molecule has 0 heterocycles. The number of rotatable bonds is 9. The standard InChI is InChI=1S/C22H22Cl2O6/c1-4-28-21(25)17(22(26)29-5-2)10-14-6-9-19(20(11-14)27-3)30-13-15-7-8-16(23)12-18(15)24/h6-12H,4-5,13H2,1-3H3. The summed E-state index contributed by atoms with van der Waals surface area (Å²) in [6.45, 7) is 3.79. The molecule has 0 aliphatic rings. The molecule has 0 amide bonds. The van der Waals surface area contributed by atoms with Crippen molar-refractivity contribution in [2.75, 3.05) is 20.3 Å². The molecule has 0 fully saturated rings. The third-order valence-electron chi connectivity index (χ3n) is 3.89. The van der Waals surface area contributed by atoms with E-state index in [0.717, 1.165) is 5.56 Å². The molecule has 6 nitrogen and oxygen atoms in total. The minimum atomic E-state index is -0.757.